The molecule has 1 amide bonds. The molecule has 0 radical (unpaired) electrons. The molecule has 5 rings (SSSR count). The fraction of sp³-hybridized carbons (Fsp3) is 0.269. The summed E-state index contributed by atoms with van der Waals surface area (Å²) in [6.07, 6.45) is 0.404. The molecule has 0 bridgehead atoms. The first-order chi connectivity index (χ1) is 17.2. The van der Waals surface area contributed by atoms with E-state index in [-0.39, 0.29) is 48.3 Å². The average Bonchev–Trinajstić information content (AvgIpc) is 3.05. The van der Waals surface area contributed by atoms with E-state index in [1.54, 1.807) is 18.7 Å². The average molecular weight is 573 g/mol. The molecular formula is C26H20Cl3F4N3O. The van der Waals surface area contributed by atoms with Crippen LogP contribution in [0.25, 0.3) is 21.8 Å². The van der Waals surface area contributed by atoms with E-state index in [1.165, 1.54) is 0 Å². The van der Waals surface area contributed by atoms with Crippen LogP contribution >= 0.6 is 34.8 Å². The number of amides is 1. The van der Waals surface area contributed by atoms with E-state index in [2.05, 4.69) is 9.97 Å². The van der Waals surface area contributed by atoms with Gasteiger partial charge in [0.05, 0.1) is 31.9 Å². The largest absolute Gasteiger partial charge is 0.296 e. The van der Waals surface area contributed by atoms with Crippen molar-refractivity contribution in [2.24, 2.45) is 5.41 Å². The Morgan fingerprint density at radius 1 is 0.811 bits per heavy atom. The van der Waals surface area contributed by atoms with Crippen LogP contribution in [0.4, 0.5) is 23.4 Å². The smallest absolute Gasteiger partial charge is 0.228 e. The highest BCUT2D eigenvalue weighted by Crippen LogP contribution is 2.39. The predicted molar refractivity (Wildman–Crippen MR) is 139 cm³/mol. The fourth-order valence-corrected chi connectivity index (χ4v) is 5.00. The Morgan fingerprint density at radius 3 is 1.78 bits per heavy atom. The molecule has 0 spiro atoms. The highest BCUT2D eigenvalue weighted by Gasteiger charge is 2.38. The second-order valence-electron chi connectivity index (χ2n) is 9.60. The van der Waals surface area contributed by atoms with Gasteiger partial charge >= 0.3 is 0 Å². The molecule has 2 aromatic heterocycles. The Balaban J connectivity index is 0.000000186. The molecule has 1 fully saturated rings. The standard InChI is InChI=1S/C16H15ClF2N2O.C10H5Cl2F2N/c1-8-14(17)13-10(19)4-9(18)5-11(13)20-15(8)21-7-16(2,3)6-12(21)22;1-4-9(11)8-6(14)2-5(13)3-7(8)15-10(4)12/h4-5H,6-7H2,1-3H3;2-3H,1H3. The quantitative estimate of drug-likeness (QED) is 0.170. The molecule has 1 aliphatic rings. The number of rotatable bonds is 1. The number of hydrogen-bond donors (Lipinski definition) is 0. The van der Waals surface area contributed by atoms with Crippen molar-refractivity contribution < 1.29 is 22.4 Å². The van der Waals surface area contributed by atoms with Crippen LogP contribution in [0.2, 0.25) is 15.2 Å². The van der Waals surface area contributed by atoms with Crippen molar-refractivity contribution in [2.75, 3.05) is 11.4 Å². The molecule has 0 unspecified atom stereocenters. The van der Waals surface area contributed by atoms with Gasteiger partial charge in [0, 0.05) is 48.4 Å². The topological polar surface area (TPSA) is 46.1 Å². The minimum atomic E-state index is -0.754. The maximum Gasteiger partial charge on any atom is 0.228 e. The first-order valence-corrected chi connectivity index (χ1v) is 12.2. The maximum absolute atomic E-state index is 14.0. The van der Waals surface area contributed by atoms with Gasteiger partial charge in [-0.05, 0) is 19.3 Å². The molecule has 0 N–H and O–H groups in total. The van der Waals surface area contributed by atoms with Crippen LogP contribution in [-0.4, -0.2) is 22.4 Å². The molecule has 1 aliphatic heterocycles. The zero-order valence-electron chi connectivity index (χ0n) is 20.1. The number of carbonyl (C=O) groups is 1. The summed E-state index contributed by atoms with van der Waals surface area (Å²) in [5.74, 6) is -2.61. The molecular weight excluding hydrogens is 553 g/mol. The van der Waals surface area contributed by atoms with Gasteiger partial charge in [0.1, 0.15) is 34.2 Å². The number of benzene rings is 2. The summed E-state index contributed by atoms with van der Waals surface area (Å²) in [5, 5.41) is 0.658. The van der Waals surface area contributed by atoms with E-state index in [9.17, 15) is 22.4 Å². The first kappa shape index (κ1) is 27.4. The van der Waals surface area contributed by atoms with E-state index in [0.29, 0.717) is 29.9 Å². The summed E-state index contributed by atoms with van der Waals surface area (Å²) >= 11 is 17.9. The zero-order chi connectivity index (χ0) is 27.4. The van der Waals surface area contributed by atoms with Crippen LogP contribution in [0.1, 0.15) is 31.4 Å². The number of fused-ring (bicyclic) bond motifs is 2. The van der Waals surface area contributed by atoms with E-state index in [1.807, 2.05) is 13.8 Å². The molecule has 11 heteroatoms. The third kappa shape index (κ3) is 5.19. The summed E-state index contributed by atoms with van der Waals surface area (Å²) in [6, 6.07) is 3.76. The Hall–Kier alpha value is -2.68. The van der Waals surface area contributed by atoms with Crippen molar-refractivity contribution in [3.05, 3.63) is 73.9 Å². The highest BCUT2D eigenvalue weighted by atomic mass is 35.5. The first-order valence-electron chi connectivity index (χ1n) is 11.1. The molecule has 1 saturated heterocycles. The van der Waals surface area contributed by atoms with Crippen LogP contribution in [0.5, 0.6) is 0 Å². The summed E-state index contributed by atoms with van der Waals surface area (Å²) in [7, 11) is 0. The maximum atomic E-state index is 14.0. The van der Waals surface area contributed by atoms with Crippen molar-refractivity contribution in [3.8, 4) is 0 Å². The second kappa shape index (κ2) is 9.89. The molecule has 4 aromatic rings. The predicted octanol–water partition coefficient (Wildman–Crippen LogP) is 8.37. The Kier molecular flexibility index (Phi) is 7.31. The Labute approximate surface area is 225 Å². The molecule has 4 nitrogen and oxygen atoms in total. The molecule has 37 heavy (non-hydrogen) atoms. The molecule has 0 saturated carbocycles. The van der Waals surface area contributed by atoms with Crippen LogP contribution in [-0.2, 0) is 4.79 Å². The monoisotopic (exact) mass is 571 g/mol. The lowest BCUT2D eigenvalue weighted by atomic mass is 9.93. The normalized spacial score (nSPS) is 14.9. The van der Waals surface area contributed by atoms with Crippen molar-refractivity contribution in [2.45, 2.75) is 34.1 Å². The minimum Gasteiger partial charge on any atom is -0.296 e. The van der Waals surface area contributed by atoms with Gasteiger partial charge in [-0.15, -0.1) is 0 Å². The second-order valence-corrected chi connectivity index (χ2v) is 10.7. The minimum absolute atomic E-state index is 0.0621. The number of carbonyl (C=O) groups excluding carboxylic acids is 1. The van der Waals surface area contributed by atoms with Crippen LogP contribution < -0.4 is 4.90 Å². The lowest BCUT2D eigenvalue weighted by Gasteiger charge is -2.21. The van der Waals surface area contributed by atoms with E-state index < -0.39 is 23.3 Å². The lowest BCUT2D eigenvalue weighted by molar-refractivity contribution is -0.117. The van der Waals surface area contributed by atoms with E-state index in [0.717, 1.165) is 24.3 Å². The van der Waals surface area contributed by atoms with Gasteiger partial charge in [-0.25, -0.2) is 27.5 Å². The van der Waals surface area contributed by atoms with Gasteiger partial charge < -0.3 is 0 Å². The van der Waals surface area contributed by atoms with Crippen molar-refractivity contribution in [3.63, 3.8) is 0 Å². The number of pyridine rings is 2. The van der Waals surface area contributed by atoms with Crippen molar-refractivity contribution in [1.29, 1.82) is 0 Å². The van der Waals surface area contributed by atoms with Crippen molar-refractivity contribution >= 4 is 68.3 Å². The van der Waals surface area contributed by atoms with E-state index in [4.69, 9.17) is 34.8 Å². The molecule has 0 aliphatic carbocycles. The van der Waals surface area contributed by atoms with E-state index >= 15 is 0 Å². The van der Waals surface area contributed by atoms with Gasteiger partial charge in [0.15, 0.2) is 0 Å². The van der Waals surface area contributed by atoms with Crippen LogP contribution in [0, 0.1) is 42.5 Å². The van der Waals surface area contributed by atoms with Gasteiger partial charge in [-0.2, -0.15) is 0 Å². The Bertz CT molecular complexity index is 1590. The number of halogens is 7. The molecule has 3 heterocycles. The number of hydrogen-bond acceptors (Lipinski definition) is 3. The fourth-order valence-electron chi connectivity index (χ4n) is 4.21. The third-order valence-corrected chi connectivity index (χ3v) is 7.34. The van der Waals surface area contributed by atoms with Gasteiger partial charge in [-0.1, -0.05) is 48.7 Å². The van der Waals surface area contributed by atoms with Gasteiger partial charge in [-0.3, -0.25) is 9.69 Å². The summed E-state index contributed by atoms with van der Waals surface area (Å²) in [6.45, 7) is 7.79. The van der Waals surface area contributed by atoms with Crippen molar-refractivity contribution in [1.82, 2.24) is 9.97 Å². The van der Waals surface area contributed by atoms with Crippen LogP contribution in [0.3, 0.4) is 0 Å². The van der Waals surface area contributed by atoms with Crippen LogP contribution in [0.15, 0.2) is 24.3 Å². The number of nitrogens with zero attached hydrogens (tertiary/aromatic N) is 3. The summed E-state index contributed by atoms with van der Waals surface area (Å²) in [5.41, 5.74) is 1.07. The van der Waals surface area contributed by atoms with Gasteiger partial charge in [0.25, 0.3) is 0 Å². The summed E-state index contributed by atoms with van der Waals surface area (Å²) in [4.78, 5) is 21.9. The summed E-state index contributed by atoms with van der Waals surface area (Å²) < 4.78 is 53.7. The number of anilines is 1. The Morgan fingerprint density at radius 2 is 1.30 bits per heavy atom. The highest BCUT2D eigenvalue weighted by molar-refractivity contribution is 6.39. The molecule has 0 atom stereocenters. The zero-order valence-corrected chi connectivity index (χ0v) is 22.4. The number of aromatic nitrogens is 2. The van der Waals surface area contributed by atoms with Gasteiger partial charge in [0.2, 0.25) is 5.91 Å². The molecule has 194 valence electrons. The SMILES string of the molecule is Cc1c(Cl)nc2cc(F)cc(F)c2c1Cl.Cc1c(N2CC(C)(C)CC2=O)nc2cc(F)cc(F)c2c1Cl. The molecule has 2 aromatic carbocycles. The third-order valence-electron chi connectivity index (χ3n) is 6.03. The lowest BCUT2D eigenvalue weighted by Crippen LogP contribution is -2.27.